The van der Waals surface area contributed by atoms with Crippen LogP contribution in [0.15, 0.2) is 30.6 Å². The summed E-state index contributed by atoms with van der Waals surface area (Å²) in [6, 6.07) is 8.01. The van der Waals surface area contributed by atoms with Crippen molar-refractivity contribution >= 4 is 22.7 Å². The van der Waals surface area contributed by atoms with Gasteiger partial charge in [0.05, 0.1) is 17.1 Å². The minimum atomic E-state index is 0.0213. The first-order valence-corrected chi connectivity index (χ1v) is 10.0. The predicted octanol–water partition coefficient (Wildman–Crippen LogP) is 2.91. The summed E-state index contributed by atoms with van der Waals surface area (Å²) in [5, 5.41) is 4.23. The molecule has 1 fully saturated rings. The summed E-state index contributed by atoms with van der Waals surface area (Å²) in [4.78, 5) is 31.8. The fourth-order valence-electron chi connectivity index (χ4n) is 4.37. The number of amides is 1. The summed E-state index contributed by atoms with van der Waals surface area (Å²) in [6.45, 7) is 4.75. The monoisotopic (exact) mass is 389 g/mol. The quantitative estimate of drug-likeness (QED) is 0.579. The number of aromatic nitrogens is 6. The number of rotatable bonds is 4. The maximum Gasteiger partial charge on any atom is 0.252 e. The Morgan fingerprint density at radius 2 is 2.10 bits per heavy atom. The maximum absolute atomic E-state index is 13.1. The highest BCUT2D eigenvalue weighted by Crippen LogP contribution is 2.32. The van der Waals surface area contributed by atoms with E-state index in [9.17, 15) is 4.79 Å². The van der Waals surface area contributed by atoms with Gasteiger partial charge >= 0.3 is 0 Å². The molecular formula is C21H23N7O. The molecule has 0 bridgehead atoms. The molecular weight excluding hydrogens is 366 g/mol. The molecule has 1 atom stereocenters. The molecule has 0 saturated carbocycles. The van der Waals surface area contributed by atoms with Crippen molar-refractivity contribution in [3.05, 3.63) is 53.4 Å². The minimum Gasteiger partial charge on any atom is -0.340 e. The first-order valence-electron chi connectivity index (χ1n) is 10.0. The summed E-state index contributed by atoms with van der Waals surface area (Å²) < 4.78 is 1.74. The maximum atomic E-state index is 13.1. The van der Waals surface area contributed by atoms with E-state index >= 15 is 0 Å². The Bertz CT molecular complexity index is 1180. The van der Waals surface area contributed by atoms with Gasteiger partial charge in [0.15, 0.2) is 0 Å². The van der Waals surface area contributed by atoms with Crippen molar-refractivity contribution in [2.24, 2.45) is 0 Å². The number of carbonyl (C=O) groups is 1. The van der Waals surface area contributed by atoms with Crippen molar-refractivity contribution in [2.45, 2.75) is 45.6 Å². The van der Waals surface area contributed by atoms with Crippen LogP contribution in [0, 0.1) is 13.8 Å². The summed E-state index contributed by atoms with van der Waals surface area (Å²) in [7, 11) is 0. The SMILES string of the molecule is Cc1nc2ncnn2c(C)c1CCC(=O)N1CCC[C@@H]1c1nc2ccccc2[nH]1. The molecule has 5 rings (SSSR count). The Hall–Kier alpha value is -3.29. The van der Waals surface area contributed by atoms with Crippen molar-refractivity contribution < 1.29 is 4.79 Å². The summed E-state index contributed by atoms with van der Waals surface area (Å²) in [5.41, 5.74) is 4.93. The number of aromatic amines is 1. The molecule has 0 unspecified atom stereocenters. The number of likely N-dealkylation sites (tertiary alicyclic amines) is 1. The van der Waals surface area contributed by atoms with Gasteiger partial charge in [0, 0.05) is 24.4 Å². The lowest BCUT2D eigenvalue weighted by Gasteiger charge is -2.23. The van der Waals surface area contributed by atoms with Crippen LogP contribution in [0.1, 0.15) is 48.1 Å². The predicted molar refractivity (Wildman–Crippen MR) is 108 cm³/mol. The van der Waals surface area contributed by atoms with Crippen molar-refractivity contribution in [2.75, 3.05) is 6.54 Å². The van der Waals surface area contributed by atoms with Crippen LogP contribution in [-0.2, 0) is 11.2 Å². The number of fused-ring (bicyclic) bond motifs is 2. The van der Waals surface area contributed by atoms with E-state index < -0.39 is 0 Å². The van der Waals surface area contributed by atoms with Crippen LogP contribution in [0.3, 0.4) is 0 Å². The largest absolute Gasteiger partial charge is 0.340 e. The molecule has 29 heavy (non-hydrogen) atoms. The first-order chi connectivity index (χ1) is 14.1. The second kappa shape index (κ2) is 6.95. The molecule has 0 radical (unpaired) electrons. The highest BCUT2D eigenvalue weighted by atomic mass is 16.2. The van der Waals surface area contributed by atoms with Crippen LogP contribution >= 0.6 is 0 Å². The normalized spacial score (nSPS) is 16.9. The number of para-hydroxylation sites is 2. The smallest absolute Gasteiger partial charge is 0.252 e. The third-order valence-corrected chi connectivity index (χ3v) is 5.87. The van der Waals surface area contributed by atoms with E-state index in [1.54, 1.807) is 4.52 Å². The molecule has 4 aromatic rings. The third kappa shape index (κ3) is 3.04. The molecule has 1 amide bonds. The van der Waals surface area contributed by atoms with Gasteiger partial charge in [-0.3, -0.25) is 4.79 Å². The van der Waals surface area contributed by atoms with E-state index in [-0.39, 0.29) is 11.9 Å². The third-order valence-electron chi connectivity index (χ3n) is 5.87. The lowest BCUT2D eigenvalue weighted by atomic mass is 10.1. The van der Waals surface area contributed by atoms with Gasteiger partial charge in [0.2, 0.25) is 5.91 Å². The molecule has 3 aromatic heterocycles. The molecule has 8 nitrogen and oxygen atoms in total. The first kappa shape index (κ1) is 17.8. The van der Waals surface area contributed by atoms with Gasteiger partial charge in [-0.2, -0.15) is 10.1 Å². The van der Waals surface area contributed by atoms with E-state index in [0.717, 1.165) is 53.2 Å². The molecule has 1 N–H and O–H groups in total. The number of nitrogens with zero attached hydrogens (tertiary/aromatic N) is 6. The summed E-state index contributed by atoms with van der Waals surface area (Å²) >= 11 is 0. The van der Waals surface area contributed by atoms with E-state index in [1.165, 1.54) is 6.33 Å². The van der Waals surface area contributed by atoms with Crippen LogP contribution < -0.4 is 0 Å². The Morgan fingerprint density at radius 1 is 1.24 bits per heavy atom. The molecule has 1 aromatic carbocycles. The number of nitrogens with one attached hydrogen (secondary N) is 1. The summed E-state index contributed by atoms with van der Waals surface area (Å²) in [6.07, 6.45) is 4.53. The summed E-state index contributed by atoms with van der Waals surface area (Å²) in [5.74, 6) is 1.64. The van der Waals surface area contributed by atoms with Gasteiger partial charge < -0.3 is 9.88 Å². The topological polar surface area (TPSA) is 92.1 Å². The minimum absolute atomic E-state index is 0.0213. The number of carbonyl (C=O) groups excluding carboxylic acids is 1. The van der Waals surface area contributed by atoms with Crippen molar-refractivity contribution in [1.82, 2.24) is 34.4 Å². The van der Waals surface area contributed by atoms with Crippen LogP contribution in [0.25, 0.3) is 16.8 Å². The number of imidazole rings is 1. The second-order valence-corrected chi connectivity index (χ2v) is 7.62. The van der Waals surface area contributed by atoms with Gasteiger partial charge in [0.1, 0.15) is 12.2 Å². The molecule has 4 heterocycles. The highest BCUT2D eigenvalue weighted by molar-refractivity contribution is 5.78. The molecule has 1 aliphatic heterocycles. The van der Waals surface area contributed by atoms with E-state index in [1.807, 2.05) is 43.0 Å². The fourth-order valence-corrected chi connectivity index (χ4v) is 4.37. The van der Waals surface area contributed by atoms with Gasteiger partial charge in [-0.1, -0.05) is 12.1 Å². The Labute approximate surface area is 168 Å². The Kier molecular flexibility index (Phi) is 4.26. The average Bonchev–Trinajstić information content (AvgIpc) is 3.45. The molecule has 8 heteroatoms. The number of aryl methyl sites for hydroxylation is 2. The lowest BCUT2D eigenvalue weighted by molar-refractivity contribution is -0.132. The highest BCUT2D eigenvalue weighted by Gasteiger charge is 2.32. The van der Waals surface area contributed by atoms with Crippen molar-refractivity contribution in [1.29, 1.82) is 0 Å². The van der Waals surface area contributed by atoms with Gasteiger partial charge in [-0.25, -0.2) is 14.5 Å². The zero-order valence-corrected chi connectivity index (χ0v) is 16.6. The standard InChI is InChI=1S/C21H23N7O/c1-13-15(14(2)28-21(24-13)22-12-23-28)9-10-19(29)27-11-5-8-18(27)20-25-16-6-3-4-7-17(16)26-20/h3-4,6-7,12,18H,5,8-11H2,1-2H3,(H,25,26)/t18-/m1/s1. The fraction of sp³-hybridized carbons (Fsp3) is 0.381. The molecule has 148 valence electrons. The Balaban J connectivity index is 1.35. The zero-order valence-electron chi connectivity index (χ0n) is 16.6. The van der Waals surface area contributed by atoms with Crippen LogP contribution in [-0.4, -0.2) is 46.9 Å². The van der Waals surface area contributed by atoms with E-state index in [2.05, 4.69) is 20.1 Å². The van der Waals surface area contributed by atoms with Gasteiger partial charge in [-0.15, -0.1) is 0 Å². The lowest BCUT2D eigenvalue weighted by Crippen LogP contribution is -2.31. The van der Waals surface area contributed by atoms with E-state index in [0.29, 0.717) is 18.6 Å². The zero-order chi connectivity index (χ0) is 20.0. The number of hydrogen-bond donors (Lipinski definition) is 1. The average molecular weight is 389 g/mol. The van der Waals surface area contributed by atoms with Crippen molar-refractivity contribution in [3.8, 4) is 0 Å². The van der Waals surface area contributed by atoms with Crippen LogP contribution in [0.2, 0.25) is 0 Å². The number of H-pyrrole nitrogens is 1. The second-order valence-electron chi connectivity index (χ2n) is 7.62. The number of hydrogen-bond acceptors (Lipinski definition) is 5. The van der Waals surface area contributed by atoms with Crippen LogP contribution in [0.4, 0.5) is 0 Å². The van der Waals surface area contributed by atoms with E-state index in [4.69, 9.17) is 4.98 Å². The molecule has 1 saturated heterocycles. The molecule has 1 aliphatic rings. The van der Waals surface area contributed by atoms with Crippen molar-refractivity contribution in [3.63, 3.8) is 0 Å². The van der Waals surface area contributed by atoms with Gasteiger partial charge in [0.25, 0.3) is 5.78 Å². The number of benzene rings is 1. The van der Waals surface area contributed by atoms with Crippen LogP contribution in [0.5, 0.6) is 0 Å². The molecule has 0 aliphatic carbocycles. The molecule has 0 spiro atoms. The van der Waals surface area contributed by atoms with Gasteiger partial charge in [-0.05, 0) is 50.8 Å². The Morgan fingerprint density at radius 3 is 2.97 bits per heavy atom.